The molecule has 0 saturated heterocycles. The van der Waals surface area contributed by atoms with Crippen molar-refractivity contribution in [3.63, 3.8) is 0 Å². The summed E-state index contributed by atoms with van der Waals surface area (Å²) >= 11 is 0. The highest BCUT2D eigenvalue weighted by Gasteiger charge is 2.38. The summed E-state index contributed by atoms with van der Waals surface area (Å²) in [5, 5.41) is 7.29. The van der Waals surface area contributed by atoms with Gasteiger partial charge in [0.2, 0.25) is 0 Å². The minimum atomic E-state index is -5.08. The number of carbonyl (C=O) groups is 1. The Morgan fingerprint density at radius 1 is 0.921 bits per heavy atom. The van der Waals surface area contributed by atoms with Gasteiger partial charge in [0.15, 0.2) is 0 Å². The second-order valence-corrected chi connectivity index (χ2v) is 8.69. The highest BCUT2D eigenvalue weighted by Crippen LogP contribution is 2.34. The van der Waals surface area contributed by atoms with Crippen LogP contribution in [0.25, 0.3) is 12.2 Å². The lowest BCUT2D eigenvalue weighted by atomic mass is 9.90. The molecule has 14 heteroatoms. The number of carboxylic acid groups (broad SMARTS) is 1. The lowest BCUT2D eigenvalue weighted by Gasteiger charge is -2.16. The fourth-order valence-electron chi connectivity index (χ4n) is 3.17. The number of aliphatic carboxylic acids is 1. The van der Waals surface area contributed by atoms with Gasteiger partial charge < -0.3 is 34.3 Å². The van der Waals surface area contributed by atoms with Crippen molar-refractivity contribution in [3.05, 3.63) is 66.8 Å². The fraction of sp³-hybridized carbons (Fsp3) is 0.333. The molecule has 0 unspecified atom stereocenters. The van der Waals surface area contributed by atoms with E-state index < -0.39 is 23.3 Å². The van der Waals surface area contributed by atoms with E-state index in [1.807, 2.05) is 20.8 Å². The number of hydrogen-bond donors (Lipinski definition) is 4. The van der Waals surface area contributed by atoms with Gasteiger partial charge in [0.25, 0.3) is 11.1 Å². The molecule has 0 aliphatic rings. The first-order valence-electron chi connectivity index (χ1n) is 10.8. The molecule has 3 rings (SSSR count). The number of nitrogens with one attached hydrogen (secondary N) is 3. The zero-order chi connectivity index (χ0) is 28.8. The number of hydrogen-bond acceptors (Lipinski definition) is 7. The normalized spacial score (nSPS) is 12.6. The Kier molecular flexibility index (Phi) is 9.16. The summed E-state index contributed by atoms with van der Waals surface area (Å²) in [6, 6.07) is 3.32. The lowest BCUT2D eigenvalue weighted by Crippen LogP contribution is -2.46. The predicted molar refractivity (Wildman–Crippen MR) is 131 cm³/mol. The summed E-state index contributed by atoms with van der Waals surface area (Å²) in [5.74, 6) is -1.36. The zero-order valence-corrected chi connectivity index (χ0v) is 21.4. The van der Waals surface area contributed by atoms with Crippen LogP contribution in [0.2, 0.25) is 0 Å². The van der Waals surface area contributed by atoms with E-state index in [2.05, 4.69) is 19.9 Å². The molecule has 0 spiro atoms. The highest BCUT2D eigenvalue weighted by atomic mass is 19.4. The number of benzene rings is 1. The molecule has 2 heterocycles. The first kappa shape index (κ1) is 29.7. The topological polar surface area (TPSA) is 159 Å². The molecule has 206 valence electrons. The van der Waals surface area contributed by atoms with Crippen LogP contribution in [0.4, 0.5) is 13.2 Å². The molecule has 0 aliphatic carbocycles. The Morgan fingerprint density at radius 3 is 1.79 bits per heavy atom. The van der Waals surface area contributed by atoms with E-state index in [1.165, 1.54) is 27.4 Å². The van der Waals surface area contributed by atoms with E-state index >= 15 is 0 Å². The van der Waals surface area contributed by atoms with Gasteiger partial charge in [0, 0.05) is 23.2 Å². The molecule has 11 nitrogen and oxygen atoms in total. The molecule has 3 aromatic rings. The van der Waals surface area contributed by atoms with Crippen molar-refractivity contribution >= 4 is 18.1 Å². The van der Waals surface area contributed by atoms with Crippen molar-refractivity contribution in [1.82, 2.24) is 19.9 Å². The van der Waals surface area contributed by atoms with E-state index in [-0.39, 0.29) is 16.1 Å². The first-order valence-corrected chi connectivity index (χ1v) is 10.8. The van der Waals surface area contributed by atoms with Gasteiger partial charge in [0.05, 0.1) is 38.9 Å². The number of methoxy groups -OCH3 is 3. The van der Waals surface area contributed by atoms with Crippen molar-refractivity contribution in [3.8, 4) is 17.2 Å². The number of rotatable bonds is 5. The Balaban J connectivity index is 0.000000638. The largest absolute Gasteiger partial charge is 0.496 e. The van der Waals surface area contributed by atoms with E-state index in [9.17, 15) is 22.8 Å². The Labute approximate surface area is 213 Å². The molecule has 0 radical (unpaired) electrons. The summed E-state index contributed by atoms with van der Waals surface area (Å²) in [4.78, 5) is 46.9. The van der Waals surface area contributed by atoms with Gasteiger partial charge in [-0.15, -0.1) is 0 Å². The van der Waals surface area contributed by atoms with Crippen LogP contribution in [-0.4, -0.2) is 58.5 Å². The van der Waals surface area contributed by atoms with Gasteiger partial charge in [0.1, 0.15) is 27.9 Å². The molecule has 1 aromatic carbocycles. The average Bonchev–Trinajstić information content (AvgIpc) is 3.30. The highest BCUT2D eigenvalue weighted by molar-refractivity contribution is 5.73. The van der Waals surface area contributed by atoms with Gasteiger partial charge in [-0.2, -0.15) is 13.2 Å². The molecule has 4 N–H and O–H groups in total. The monoisotopic (exact) mass is 540 g/mol. The third-order valence-corrected chi connectivity index (χ3v) is 4.97. The molecular weight excluding hydrogens is 513 g/mol. The van der Waals surface area contributed by atoms with Crippen LogP contribution in [0.5, 0.6) is 17.2 Å². The van der Waals surface area contributed by atoms with Crippen LogP contribution in [0.15, 0.2) is 28.0 Å². The van der Waals surface area contributed by atoms with Crippen LogP contribution in [0.3, 0.4) is 0 Å². The Hall–Kier alpha value is -4.49. The summed E-state index contributed by atoms with van der Waals surface area (Å²) < 4.78 is 47.8. The SMILES string of the molecule is COc1cc(OC)c(/C=c2\[nH]c(=O)/c(=C/c3nc[nH]c3C(C)(C)C)[nH]c2=O)c(OC)c1.O=C(O)C(F)(F)F. The van der Waals surface area contributed by atoms with Crippen LogP contribution < -0.4 is 36.0 Å². The molecule has 38 heavy (non-hydrogen) atoms. The van der Waals surface area contributed by atoms with Gasteiger partial charge in [-0.3, -0.25) is 9.59 Å². The molecular formula is C24H27F3N4O7. The van der Waals surface area contributed by atoms with Crippen LogP contribution in [0, 0.1) is 0 Å². The second kappa shape index (κ2) is 11.7. The second-order valence-electron chi connectivity index (χ2n) is 8.69. The van der Waals surface area contributed by atoms with Crippen molar-refractivity contribution in [1.29, 1.82) is 0 Å². The average molecular weight is 540 g/mol. The molecule has 0 atom stereocenters. The molecule has 0 saturated carbocycles. The van der Waals surface area contributed by atoms with E-state index in [4.69, 9.17) is 24.1 Å². The van der Waals surface area contributed by atoms with Crippen LogP contribution >= 0.6 is 0 Å². The third-order valence-electron chi connectivity index (χ3n) is 4.97. The number of alkyl halides is 3. The Morgan fingerprint density at radius 2 is 1.39 bits per heavy atom. The minimum absolute atomic E-state index is 0.0574. The molecule has 0 amide bonds. The van der Waals surface area contributed by atoms with Gasteiger partial charge in [-0.1, -0.05) is 20.8 Å². The first-order chi connectivity index (χ1) is 17.6. The quantitative estimate of drug-likeness (QED) is 0.378. The van der Waals surface area contributed by atoms with Gasteiger partial charge in [-0.25, -0.2) is 9.78 Å². The minimum Gasteiger partial charge on any atom is -0.496 e. The van der Waals surface area contributed by atoms with Crippen LogP contribution in [0.1, 0.15) is 37.7 Å². The lowest BCUT2D eigenvalue weighted by molar-refractivity contribution is -0.192. The van der Waals surface area contributed by atoms with Crippen molar-refractivity contribution in [2.24, 2.45) is 0 Å². The fourth-order valence-corrected chi connectivity index (χ4v) is 3.17. The third kappa shape index (κ3) is 7.27. The summed E-state index contributed by atoms with van der Waals surface area (Å²) in [6.45, 7) is 6.08. The molecule has 0 bridgehead atoms. The number of ether oxygens (including phenoxy) is 3. The van der Waals surface area contributed by atoms with Crippen molar-refractivity contribution < 1.29 is 37.3 Å². The number of nitrogens with zero attached hydrogens (tertiary/aromatic N) is 1. The smallest absolute Gasteiger partial charge is 0.490 e. The van der Waals surface area contributed by atoms with Crippen LogP contribution in [-0.2, 0) is 10.2 Å². The van der Waals surface area contributed by atoms with Gasteiger partial charge >= 0.3 is 12.1 Å². The van der Waals surface area contributed by atoms with E-state index in [1.54, 1.807) is 24.5 Å². The standard InChI is InChI=1S/C22H26N4O5.C2HF3O2/c1-22(2,3)19-14(23-11-24-19)10-16-21(28)25-15(20(27)26-16)9-13-17(30-5)7-12(29-4)8-18(13)31-6;3-2(4,5)1(6)7/h7-11H,1-6H3,(H,23,24)(H,25,28)(H,26,27);(H,6,7)/b15-9-,16-10-;. The van der Waals surface area contributed by atoms with Crippen molar-refractivity contribution in [2.75, 3.05) is 21.3 Å². The number of H-pyrrole nitrogens is 3. The van der Waals surface area contributed by atoms with E-state index in [0.717, 1.165) is 5.69 Å². The maximum absolute atomic E-state index is 12.7. The van der Waals surface area contributed by atoms with Gasteiger partial charge in [-0.05, 0) is 12.2 Å². The number of aromatic amines is 3. The maximum Gasteiger partial charge on any atom is 0.490 e. The van der Waals surface area contributed by atoms with E-state index in [0.29, 0.717) is 28.5 Å². The van der Waals surface area contributed by atoms with Crippen molar-refractivity contribution in [2.45, 2.75) is 32.4 Å². The number of carboxylic acids is 1. The number of imidazole rings is 1. The number of halogens is 3. The molecule has 0 fully saturated rings. The zero-order valence-electron chi connectivity index (χ0n) is 21.4. The summed E-state index contributed by atoms with van der Waals surface area (Å²) in [7, 11) is 4.51. The Bertz CT molecular complexity index is 1510. The predicted octanol–water partition coefficient (Wildman–Crippen LogP) is 1.40. The summed E-state index contributed by atoms with van der Waals surface area (Å²) in [6.07, 6.45) is -0.477. The number of aromatic nitrogens is 4. The molecule has 2 aromatic heterocycles. The summed E-state index contributed by atoms with van der Waals surface area (Å²) in [5.41, 5.74) is 0.801. The molecule has 0 aliphatic heterocycles. The maximum atomic E-state index is 12.7.